The number of piperazine rings is 1. The van der Waals surface area contributed by atoms with Gasteiger partial charge in [-0.05, 0) is 54.7 Å². The summed E-state index contributed by atoms with van der Waals surface area (Å²) in [6.07, 6.45) is 3.68. The van der Waals surface area contributed by atoms with Crippen LogP contribution in [0.5, 0.6) is 0 Å². The van der Waals surface area contributed by atoms with Crippen LogP contribution in [-0.2, 0) is 12.8 Å². The van der Waals surface area contributed by atoms with E-state index in [-0.39, 0.29) is 6.61 Å². The number of β-amino-alcohol motifs (C(OH)–C–C–N with tert-alkyl or cyclic N) is 1. The second kappa shape index (κ2) is 6.73. The number of thiocarbonyl (C=S) groups is 1. The fourth-order valence-electron chi connectivity index (χ4n) is 3.17. The molecule has 4 nitrogen and oxygen atoms in total. The molecule has 114 valence electrons. The molecule has 0 radical (unpaired) electrons. The van der Waals surface area contributed by atoms with Crippen molar-refractivity contribution in [1.82, 2.24) is 9.80 Å². The van der Waals surface area contributed by atoms with Crippen LogP contribution in [0, 0.1) is 0 Å². The predicted octanol–water partition coefficient (Wildman–Crippen LogP) is 1.48. The molecule has 0 unspecified atom stereocenters. The van der Waals surface area contributed by atoms with Gasteiger partial charge >= 0.3 is 0 Å². The third kappa shape index (κ3) is 3.54. The monoisotopic (exact) mass is 305 g/mol. The van der Waals surface area contributed by atoms with Crippen LogP contribution in [0.4, 0.5) is 5.69 Å². The van der Waals surface area contributed by atoms with Crippen LogP contribution in [0.3, 0.4) is 0 Å². The van der Waals surface area contributed by atoms with Crippen molar-refractivity contribution in [3.63, 3.8) is 0 Å². The van der Waals surface area contributed by atoms with E-state index in [0.717, 1.165) is 43.5 Å². The number of nitrogens with one attached hydrogen (secondary N) is 1. The van der Waals surface area contributed by atoms with Crippen molar-refractivity contribution < 1.29 is 5.11 Å². The van der Waals surface area contributed by atoms with Crippen molar-refractivity contribution in [2.45, 2.75) is 19.3 Å². The van der Waals surface area contributed by atoms with Crippen molar-refractivity contribution >= 4 is 23.0 Å². The highest BCUT2D eigenvalue weighted by atomic mass is 32.1. The molecule has 0 amide bonds. The Morgan fingerprint density at radius 3 is 2.67 bits per heavy atom. The van der Waals surface area contributed by atoms with Gasteiger partial charge in [0.05, 0.1) is 6.61 Å². The van der Waals surface area contributed by atoms with E-state index >= 15 is 0 Å². The maximum Gasteiger partial charge on any atom is 0.173 e. The molecule has 0 spiro atoms. The predicted molar refractivity (Wildman–Crippen MR) is 89.8 cm³/mol. The average Bonchev–Trinajstić information content (AvgIpc) is 2.96. The van der Waals surface area contributed by atoms with Crippen LogP contribution in [0.1, 0.15) is 17.5 Å². The van der Waals surface area contributed by atoms with E-state index in [9.17, 15) is 0 Å². The Labute approximate surface area is 131 Å². The van der Waals surface area contributed by atoms with Crippen molar-refractivity contribution in [1.29, 1.82) is 0 Å². The standard InChI is InChI=1S/C16H23N3OS/c20-11-10-18-6-8-19(9-7-18)16(21)17-15-5-4-13-2-1-3-14(13)12-15/h4-5,12,20H,1-3,6-11H2,(H,17,21). The van der Waals surface area contributed by atoms with E-state index in [2.05, 4.69) is 33.3 Å². The zero-order valence-electron chi connectivity index (χ0n) is 12.3. The fraction of sp³-hybridized carbons (Fsp3) is 0.562. The molecule has 0 bridgehead atoms. The molecule has 1 aromatic carbocycles. The number of hydrogen-bond donors (Lipinski definition) is 2. The van der Waals surface area contributed by atoms with Gasteiger partial charge in [-0.1, -0.05) is 6.07 Å². The van der Waals surface area contributed by atoms with Gasteiger partial charge in [0, 0.05) is 38.4 Å². The summed E-state index contributed by atoms with van der Waals surface area (Å²) in [4.78, 5) is 4.49. The quantitative estimate of drug-likeness (QED) is 0.828. The Hall–Kier alpha value is -1.17. The summed E-state index contributed by atoms with van der Waals surface area (Å²) in [5.41, 5.74) is 4.07. The number of hydrogen-bond acceptors (Lipinski definition) is 3. The Morgan fingerprint density at radius 1 is 1.14 bits per heavy atom. The van der Waals surface area contributed by atoms with Crippen LogP contribution in [0.15, 0.2) is 18.2 Å². The zero-order valence-corrected chi connectivity index (χ0v) is 13.2. The van der Waals surface area contributed by atoms with E-state index in [1.165, 1.54) is 30.4 Å². The Kier molecular flexibility index (Phi) is 4.73. The average molecular weight is 305 g/mol. The van der Waals surface area contributed by atoms with E-state index in [1.54, 1.807) is 0 Å². The summed E-state index contributed by atoms with van der Waals surface area (Å²) in [6, 6.07) is 6.61. The lowest BCUT2D eigenvalue weighted by Gasteiger charge is -2.35. The first-order valence-corrected chi connectivity index (χ1v) is 8.18. The lowest BCUT2D eigenvalue weighted by atomic mass is 10.1. The number of benzene rings is 1. The van der Waals surface area contributed by atoms with Crippen LogP contribution in [0.2, 0.25) is 0 Å². The Morgan fingerprint density at radius 2 is 1.90 bits per heavy atom. The van der Waals surface area contributed by atoms with Crippen LogP contribution in [0.25, 0.3) is 0 Å². The van der Waals surface area contributed by atoms with E-state index in [4.69, 9.17) is 17.3 Å². The number of aliphatic hydroxyl groups is 1. The van der Waals surface area contributed by atoms with Gasteiger partial charge in [-0.15, -0.1) is 0 Å². The molecule has 0 saturated carbocycles. The number of rotatable bonds is 3. The fourth-order valence-corrected chi connectivity index (χ4v) is 3.47. The maximum atomic E-state index is 8.97. The highest BCUT2D eigenvalue weighted by Gasteiger charge is 2.19. The third-order valence-corrected chi connectivity index (χ3v) is 4.79. The van der Waals surface area contributed by atoms with Gasteiger partial charge in [0.25, 0.3) is 0 Å². The Bertz CT molecular complexity index is 512. The van der Waals surface area contributed by atoms with Crippen LogP contribution >= 0.6 is 12.2 Å². The second-order valence-corrected chi connectivity index (χ2v) is 6.21. The molecule has 3 rings (SSSR count). The summed E-state index contributed by atoms with van der Waals surface area (Å²) in [6.45, 7) is 4.78. The molecule has 1 saturated heterocycles. The van der Waals surface area contributed by atoms with Gasteiger partial charge in [-0.2, -0.15) is 0 Å². The molecule has 0 atom stereocenters. The molecule has 1 fully saturated rings. The molecular weight excluding hydrogens is 282 g/mol. The highest BCUT2D eigenvalue weighted by molar-refractivity contribution is 7.80. The number of aliphatic hydroxyl groups excluding tert-OH is 1. The SMILES string of the molecule is OCCN1CCN(C(=S)Nc2ccc3c(c2)CCC3)CC1. The molecule has 1 aromatic rings. The van der Waals surface area contributed by atoms with E-state index in [0.29, 0.717) is 0 Å². The molecule has 2 aliphatic rings. The third-order valence-electron chi connectivity index (χ3n) is 4.43. The first-order chi connectivity index (χ1) is 10.3. The molecule has 21 heavy (non-hydrogen) atoms. The molecule has 1 heterocycles. The lowest BCUT2D eigenvalue weighted by Crippen LogP contribution is -2.50. The topological polar surface area (TPSA) is 38.7 Å². The van der Waals surface area contributed by atoms with E-state index < -0.39 is 0 Å². The molecular formula is C16H23N3OS. The van der Waals surface area contributed by atoms with Gasteiger partial charge in [0.1, 0.15) is 0 Å². The molecule has 1 aliphatic heterocycles. The highest BCUT2D eigenvalue weighted by Crippen LogP contribution is 2.25. The number of aryl methyl sites for hydroxylation is 2. The Balaban J connectivity index is 1.55. The summed E-state index contributed by atoms with van der Waals surface area (Å²) in [7, 11) is 0. The number of fused-ring (bicyclic) bond motifs is 1. The van der Waals surface area contributed by atoms with Crippen LogP contribution in [-0.4, -0.2) is 59.3 Å². The first-order valence-electron chi connectivity index (χ1n) is 7.77. The van der Waals surface area contributed by atoms with Crippen molar-refractivity contribution in [2.24, 2.45) is 0 Å². The number of nitrogens with zero attached hydrogens (tertiary/aromatic N) is 2. The van der Waals surface area contributed by atoms with Gasteiger partial charge in [0.2, 0.25) is 0 Å². The maximum absolute atomic E-state index is 8.97. The minimum Gasteiger partial charge on any atom is -0.395 e. The first kappa shape index (κ1) is 14.8. The zero-order chi connectivity index (χ0) is 14.7. The smallest absolute Gasteiger partial charge is 0.173 e. The largest absolute Gasteiger partial charge is 0.395 e. The number of anilines is 1. The van der Waals surface area contributed by atoms with Gasteiger partial charge in [0.15, 0.2) is 5.11 Å². The van der Waals surface area contributed by atoms with Crippen molar-refractivity contribution in [2.75, 3.05) is 44.6 Å². The molecule has 2 N–H and O–H groups in total. The molecule has 0 aromatic heterocycles. The van der Waals surface area contributed by atoms with Crippen LogP contribution < -0.4 is 5.32 Å². The summed E-state index contributed by atoms with van der Waals surface area (Å²) in [5, 5.41) is 13.2. The summed E-state index contributed by atoms with van der Waals surface area (Å²) >= 11 is 5.53. The van der Waals surface area contributed by atoms with E-state index in [1.807, 2.05) is 0 Å². The second-order valence-electron chi connectivity index (χ2n) is 5.82. The molecule has 1 aliphatic carbocycles. The summed E-state index contributed by atoms with van der Waals surface area (Å²) < 4.78 is 0. The minimum atomic E-state index is 0.234. The summed E-state index contributed by atoms with van der Waals surface area (Å²) in [5.74, 6) is 0. The normalized spacial score (nSPS) is 18.6. The van der Waals surface area contributed by atoms with Gasteiger partial charge in [-0.25, -0.2) is 0 Å². The van der Waals surface area contributed by atoms with Gasteiger partial charge in [-0.3, -0.25) is 4.90 Å². The van der Waals surface area contributed by atoms with Crippen molar-refractivity contribution in [3.05, 3.63) is 29.3 Å². The molecule has 5 heteroatoms. The van der Waals surface area contributed by atoms with Crippen molar-refractivity contribution in [3.8, 4) is 0 Å². The van der Waals surface area contributed by atoms with Gasteiger partial charge < -0.3 is 15.3 Å². The minimum absolute atomic E-state index is 0.234. The lowest BCUT2D eigenvalue weighted by molar-refractivity contribution is 0.148.